The van der Waals surface area contributed by atoms with Gasteiger partial charge in [0, 0.05) is 35.4 Å². The number of ether oxygens (including phenoxy) is 1. The number of aryl methyl sites for hydroxylation is 1. The maximum absolute atomic E-state index is 6.34. The fraction of sp³-hybridized carbons (Fsp3) is 0.778. The van der Waals surface area contributed by atoms with E-state index in [1.807, 2.05) is 11.3 Å². The molecule has 0 radical (unpaired) electrons. The standard InChI is InChI=1S/C18H28N2OS/c1-15-4-5-17(22-15)13-19-10-6-18(7-11-19)12-16(14-21-18)20-8-2-3-9-20/h4-5,16H,2-3,6-14H2,1H3/t16-/m0/s1. The Morgan fingerprint density at radius 1 is 1.18 bits per heavy atom. The van der Waals surface area contributed by atoms with Gasteiger partial charge in [-0.1, -0.05) is 0 Å². The highest BCUT2D eigenvalue weighted by Gasteiger charge is 2.44. The van der Waals surface area contributed by atoms with Crippen LogP contribution >= 0.6 is 11.3 Å². The van der Waals surface area contributed by atoms with Gasteiger partial charge in [0.1, 0.15) is 0 Å². The maximum atomic E-state index is 6.34. The van der Waals surface area contributed by atoms with E-state index >= 15 is 0 Å². The molecule has 0 amide bonds. The van der Waals surface area contributed by atoms with Crippen LogP contribution in [0.1, 0.15) is 41.9 Å². The summed E-state index contributed by atoms with van der Waals surface area (Å²) in [7, 11) is 0. The summed E-state index contributed by atoms with van der Waals surface area (Å²) in [6.45, 7) is 9.30. The number of hydrogen-bond acceptors (Lipinski definition) is 4. The number of piperidine rings is 1. The lowest BCUT2D eigenvalue weighted by Gasteiger charge is -2.38. The van der Waals surface area contributed by atoms with Crippen molar-refractivity contribution in [3.05, 3.63) is 21.9 Å². The van der Waals surface area contributed by atoms with Crippen LogP contribution in [0.2, 0.25) is 0 Å². The van der Waals surface area contributed by atoms with Gasteiger partial charge in [-0.05, 0) is 64.3 Å². The Hall–Kier alpha value is -0.420. The number of thiophene rings is 1. The molecule has 3 aliphatic heterocycles. The molecule has 122 valence electrons. The van der Waals surface area contributed by atoms with Crippen molar-refractivity contribution in [1.29, 1.82) is 0 Å². The zero-order chi connectivity index (χ0) is 15.0. The molecule has 3 saturated heterocycles. The Morgan fingerprint density at radius 2 is 1.95 bits per heavy atom. The van der Waals surface area contributed by atoms with Gasteiger partial charge in [-0.25, -0.2) is 0 Å². The van der Waals surface area contributed by atoms with Crippen LogP contribution < -0.4 is 0 Å². The van der Waals surface area contributed by atoms with Crippen LogP contribution in [0, 0.1) is 6.92 Å². The van der Waals surface area contributed by atoms with Gasteiger partial charge in [-0.3, -0.25) is 9.80 Å². The lowest BCUT2D eigenvalue weighted by atomic mass is 9.87. The quantitative estimate of drug-likeness (QED) is 0.850. The predicted molar refractivity (Wildman–Crippen MR) is 91.5 cm³/mol. The molecule has 3 aliphatic rings. The maximum Gasteiger partial charge on any atom is 0.0723 e. The molecule has 1 spiro atoms. The predicted octanol–water partition coefficient (Wildman–Crippen LogP) is 3.28. The van der Waals surface area contributed by atoms with E-state index in [1.54, 1.807) is 0 Å². The Kier molecular flexibility index (Phi) is 4.29. The number of likely N-dealkylation sites (tertiary alicyclic amines) is 2. The van der Waals surface area contributed by atoms with E-state index in [2.05, 4.69) is 28.9 Å². The van der Waals surface area contributed by atoms with Crippen LogP contribution in [0.5, 0.6) is 0 Å². The summed E-state index contributed by atoms with van der Waals surface area (Å²) in [5.41, 5.74) is 0.203. The third-order valence-electron chi connectivity index (χ3n) is 5.79. The molecule has 4 rings (SSSR count). The summed E-state index contributed by atoms with van der Waals surface area (Å²) in [6.07, 6.45) is 6.50. The number of nitrogens with zero attached hydrogens (tertiary/aromatic N) is 2. The average molecular weight is 321 g/mol. The van der Waals surface area contributed by atoms with Crippen molar-refractivity contribution in [3.63, 3.8) is 0 Å². The third-order valence-corrected chi connectivity index (χ3v) is 6.77. The van der Waals surface area contributed by atoms with Crippen molar-refractivity contribution in [3.8, 4) is 0 Å². The molecule has 1 aromatic heterocycles. The smallest absolute Gasteiger partial charge is 0.0723 e. The highest BCUT2D eigenvalue weighted by atomic mass is 32.1. The first-order valence-electron chi connectivity index (χ1n) is 8.88. The van der Waals surface area contributed by atoms with E-state index in [0.29, 0.717) is 6.04 Å². The average Bonchev–Trinajstić information content (AvgIpc) is 3.23. The van der Waals surface area contributed by atoms with Crippen LogP contribution in [0.25, 0.3) is 0 Å². The molecule has 0 aromatic carbocycles. The van der Waals surface area contributed by atoms with Crippen molar-refractivity contribution >= 4 is 11.3 Å². The second-order valence-electron chi connectivity index (χ2n) is 7.38. The van der Waals surface area contributed by atoms with Gasteiger partial charge >= 0.3 is 0 Å². The molecule has 1 atom stereocenters. The van der Waals surface area contributed by atoms with E-state index < -0.39 is 0 Å². The first kappa shape index (κ1) is 15.1. The minimum absolute atomic E-state index is 0.203. The van der Waals surface area contributed by atoms with Crippen LogP contribution in [-0.2, 0) is 11.3 Å². The van der Waals surface area contributed by atoms with Gasteiger partial charge in [-0.15, -0.1) is 11.3 Å². The SMILES string of the molecule is Cc1ccc(CN2CCC3(CC2)C[C@H](N2CCCC2)CO3)s1. The highest BCUT2D eigenvalue weighted by molar-refractivity contribution is 7.11. The van der Waals surface area contributed by atoms with Crippen molar-refractivity contribution < 1.29 is 4.74 Å². The molecule has 0 saturated carbocycles. The molecule has 4 heteroatoms. The molecule has 0 unspecified atom stereocenters. The van der Waals surface area contributed by atoms with Crippen LogP contribution in [0.4, 0.5) is 0 Å². The summed E-state index contributed by atoms with van der Waals surface area (Å²) in [5.74, 6) is 0. The van der Waals surface area contributed by atoms with Crippen molar-refractivity contribution in [2.45, 2.75) is 57.2 Å². The minimum Gasteiger partial charge on any atom is -0.373 e. The fourth-order valence-electron chi connectivity index (χ4n) is 4.42. The minimum atomic E-state index is 0.203. The Balaban J connectivity index is 1.30. The third kappa shape index (κ3) is 3.12. The zero-order valence-corrected chi connectivity index (χ0v) is 14.5. The van der Waals surface area contributed by atoms with Crippen molar-refractivity contribution in [2.24, 2.45) is 0 Å². The fourth-order valence-corrected chi connectivity index (χ4v) is 5.35. The summed E-state index contributed by atoms with van der Waals surface area (Å²) in [5, 5.41) is 0. The van der Waals surface area contributed by atoms with E-state index in [9.17, 15) is 0 Å². The Bertz CT molecular complexity index is 501. The number of rotatable bonds is 3. The van der Waals surface area contributed by atoms with Crippen LogP contribution in [-0.4, -0.2) is 54.2 Å². The summed E-state index contributed by atoms with van der Waals surface area (Å²) < 4.78 is 6.34. The van der Waals surface area contributed by atoms with Crippen molar-refractivity contribution in [1.82, 2.24) is 9.80 Å². The second kappa shape index (κ2) is 6.23. The summed E-state index contributed by atoms with van der Waals surface area (Å²) in [4.78, 5) is 8.23. The first-order valence-corrected chi connectivity index (χ1v) is 9.70. The number of hydrogen-bond donors (Lipinski definition) is 0. The summed E-state index contributed by atoms with van der Waals surface area (Å²) >= 11 is 1.94. The van der Waals surface area contributed by atoms with Gasteiger partial charge in [0.05, 0.1) is 12.2 Å². The highest BCUT2D eigenvalue weighted by Crippen LogP contribution is 2.38. The lowest BCUT2D eigenvalue weighted by Crippen LogP contribution is -2.44. The molecule has 3 fully saturated rings. The molecular formula is C18H28N2OS. The molecule has 0 aliphatic carbocycles. The van der Waals surface area contributed by atoms with Crippen LogP contribution in [0.15, 0.2) is 12.1 Å². The molecule has 22 heavy (non-hydrogen) atoms. The topological polar surface area (TPSA) is 15.7 Å². The molecule has 0 bridgehead atoms. The largest absolute Gasteiger partial charge is 0.373 e. The van der Waals surface area contributed by atoms with E-state index in [0.717, 1.165) is 13.2 Å². The van der Waals surface area contributed by atoms with Gasteiger partial charge in [0.25, 0.3) is 0 Å². The molecule has 0 N–H and O–H groups in total. The van der Waals surface area contributed by atoms with Crippen molar-refractivity contribution in [2.75, 3.05) is 32.8 Å². The van der Waals surface area contributed by atoms with E-state index in [-0.39, 0.29) is 5.60 Å². The molecule has 1 aromatic rings. The molecule has 3 nitrogen and oxygen atoms in total. The van der Waals surface area contributed by atoms with Crippen LogP contribution in [0.3, 0.4) is 0 Å². The van der Waals surface area contributed by atoms with Gasteiger partial charge < -0.3 is 4.74 Å². The van der Waals surface area contributed by atoms with E-state index in [4.69, 9.17) is 4.74 Å². The van der Waals surface area contributed by atoms with Gasteiger partial charge in [0.2, 0.25) is 0 Å². The van der Waals surface area contributed by atoms with Gasteiger partial charge in [-0.2, -0.15) is 0 Å². The monoisotopic (exact) mass is 320 g/mol. The zero-order valence-electron chi connectivity index (χ0n) is 13.7. The molecular weight excluding hydrogens is 292 g/mol. The molecule has 4 heterocycles. The van der Waals surface area contributed by atoms with Gasteiger partial charge in [0.15, 0.2) is 0 Å². The Labute approximate surface area is 138 Å². The second-order valence-corrected chi connectivity index (χ2v) is 8.76. The van der Waals surface area contributed by atoms with E-state index in [1.165, 1.54) is 68.0 Å². The Morgan fingerprint density at radius 3 is 2.64 bits per heavy atom. The first-order chi connectivity index (χ1) is 10.7. The lowest BCUT2D eigenvalue weighted by molar-refractivity contribution is -0.0451. The normalized spacial score (nSPS) is 29.6. The summed E-state index contributed by atoms with van der Waals surface area (Å²) in [6, 6.07) is 5.24.